The Labute approximate surface area is 217 Å². The highest BCUT2D eigenvalue weighted by molar-refractivity contribution is 5.57. The number of aromatic hydroxyl groups is 1. The monoisotopic (exact) mass is 505 g/mol. The first kappa shape index (κ1) is 27.6. The third kappa shape index (κ3) is 5.56. The van der Waals surface area contributed by atoms with Gasteiger partial charge in [-0.05, 0) is 63.1 Å². The van der Waals surface area contributed by atoms with E-state index in [9.17, 15) is 10.2 Å². The minimum absolute atomic E-state index is 0.0851. The fourth-order valence-electron chi connectivity index (χ4n) is 6.65. The predicted molar refractivity (Wildman–Crippen MR) is 140 cm³/mol. The maximum atomic E-state index is 12.2. The molecule has 1 saturated carbocycles. The molecule has 1 aromatic rings. The summed E-state index contributed by atoms with van der Waals surface area (Å²) in [6.45, 7) is 9.19. The Hall–Kier alpha value is -1.38. The number of phenols is 1. The largest absolute Gasteiger partial charge is 0.504 e. The number of fused-ring (bicyclic) bond motifs is 4. The highest BCUT2D eigenvalue weighted by Crippen LogP contribution is 2.58. The Morgan fingerprint density at radius 2 is 1.78 bits per heavy atom. The normalized spacial score (nSPS) is 28.1. The number of methoxy groups -OCH3 is 1. The number of ether oxygens (including phenoxy) is 4. The van der Waals surface area contributed by atoms with Crippen molar-refractivity contribution in [3.63, 3.8) is 0 Å². The van der Waals surface area contributed by atoms with Gasteiger partial charge in [-0.15, -0.1) is 0 Å². The minimum Gasteiger partial charge on any atom is -0.504 e. The van der Waals surface area contributed by atoms with Crippen LogP contribution in [0.15, 0.2) is 12.1 Å². The van der Waals surface area contributed by atoms with Gasteiger partial charge in [-0.3, -0.25) is 4.90 Å². The number of piperidine rings is 1. The summed E-state index contributed by atoms with van der Waals surface area (Å²) >= 11 is 0. The van der Waals surface area contributed by atoms with Gasteiger partial charge in [-0.25, -0.2) is 0 Å². The summed E-state index contributed by atoms with van der Waals surface area (Å²) in [5.74, 6) is 1.46. The van der Waals surface area contributed by atoms with Gasteiger partial charge in [0.25, 0.3) is 0 Å². The fraction of sp³-hybridized carbons (Fsp3) is 0.793. The SMILES string of the molecule is CCCCC12CCN(CC3CCC3)C(Cc3ccc(OCCOCCOCCOC)c(O)c31)C2(C)O. The fourth-order valence-corrected chi connectivity index (χ4v) is 6.65. The number of phenolic OH excluding ortho intramolecular Hbond substituents is 1. The molecule has 1 saturated heterocycles. The Bertz CT molecular complexity index is 841. The van der Waals surface area contributed by atoms with Gasteiger partial charge < -0.3 is 29.2 Å². The van der Waals surface area contributed by atoms with Gasteiger partial charge in [0.05, 0.1) is 38.6 Å². The van der Waals surface area contributed by atoms with Crippen LogP contribution in [0.3, 0.4) is 0 Å². The van der Waals surface area contributed by atoms with Gasteiger partial charge in [0.2, 0.25) is 0 Å². The van der Waals surface area contributed by atoms with E-state index in [1.807, 2.05) is 13.0 Å². The van der Waals surface area contributed by atoms with Crippen LogP contribution in [0.25, 0.3) is 0 Å². The smallest absolute Gasteiger partial charge is 0.161 e. The number of likely N-dealkylation sites (tertiary alicyclic amines) is 1. The average Bonchev–Trinajstić information content (AvgIpc) is 2.82. The molecule has 204 valence electrons. The van der Waals surface area contributed by atoms with Crippen LogP contribution >= 0.6 is 0 Å². The molecule has 3 atom stereocenters. The van der Waals surface area contributed by atoms with Crippen molar-refractivity contribution >= 4 is 0 Å². The van der Waals surface area contributed by atoms with E-state index in [0.29, 0.717) is 45.4 Å². The van der Waals surface area contributed by atoms with Crippen LogP contribution in [0.4, 0.5) is 0 Å². The summed E-state index contributed by atoms with van der Waals surface area (Å²) in [7, 11) is 1.65. The lowest BCUT2D eigenvalue weighted by Crippen LogP contribution is -2.70. The summed E-state index contributed by atoms with van der Waals surface area (Å²) < 4.78 is 21.9. The van der Waals surface area contributed by atoms with E-state index in [1.54, 1.807) is 7.11 Å². The zero-order valence-electron chi connectivity index (χ0n) is 22.6. The quantitative estimate of drug-likeness (QED) is 0.348. The van der Waals surface area contributed by atoms with Crippen molar-refractivity contribution < 1.29 is 29.2 Å². The molecule has 7 heteroatoms. The summed E-state index contributed by atoms with van der Waals surface area (Å²) in [5.41, 5.74) is 0.719. The van der Waals surface area contributed by atoms with Crippen molar-refractivity contribution in [2.45, 2.75) is 82.3 Å². The lowest BCUT2D eigenvalue weighted by atomic mass is 9.53. The molecule has 1 heterocycles. The highest BCUT2D eigenvalue weighted by Gasteiger charge is 2.61. The topological polar surface area (TPSA) is 80.6 Å². The molecule has 0 radical (unpaired) electrons. The van der Waals surface area contributed by atoms with E-state index in [4.69, 9.17) is 18.9 Å². The zero-order chi connectivity index (χ0) is 25.6. The van der Waals surface area contributed by atoms with Crippen molar-refractivity contribution in [3.05, 3.63) is 23.3 Å². The molecular formula is C29H47NO6. The van der Waals surface area contributed by atoms with Crippen molar-refractivity contribution in [2.75, 3.05) is 59.8 Å². The Morgan fingerprint density at radius 3 is 2.44 bits per heavy atom. The second-order valence-electron chi connectivity index (χ2n) is 11.1. The van der Waals surface area contributed by atoms with Crippen molar-refractivity contribution in [2.24, 2.45) is 5.92 Å². The van der Waals surface area contributed by atoms with E-state index in [0.717, 1.165) is 62.2 Å². The molecule has 0 spiro atoms. The minimum atomic E-state index is -0.904. The second-order valence-corrected chi connectivity index (χ2v) is 11.1. The van der Waals surface area contributed by atoms with Gasteiger partial charge >= 0.3 is 0 Å². The number of nitrogens with zero attached hydrogens (tertiary/aromatic N) is 1. The van der Waals surface area contributed by atoms with Gasteiger partial charge in [0.1, 0.15) is 6.61 Å². The van der Waals surface area contributed by atoms with Crippen LogP contribution in [0.5, 0.6) is 11.5 Å². The predicted octanol–water partition coefficient (Wildman–Crippen LogP) is 4.06. The first-order valence-corrected chi connectivity index (χ1v) is 14.0. The van der Waals surface area contributed by atoms with Crippen LogP contribution in [0.1, 0.15) is 69.9 Å². The Kier molecular flexibility index (Phi) is 9.56. The van der Waals surface area contributed by atoms with Gasteiger partial charge in [-0.1, -0.05) is 32.3 Å². The van der Waals surface area contributed by atoms with E-state index < -0.39 is 11.0 Å². The molecule has 7 nitrogen and oxygen atoms in total. The molecule has 4 rings (SSSR count). The molecular weight excluding hydrogens is 458 g/mol. The Balaban J connectivity index is 1.46. The molecule has 1 aromatic carbocycles. The zero-order valence-corrected chi connectivity index (χ0v) is 22.6. The number of aliphatic hydroxyl groups is 1. The molecule has 3 unspecified atom stereocenters. The number of unbranched alkanes of at least 4 members (excludes halogenated alkanes) is 1. The highest BCUT2D eigenvalue weighted by atomic mass is 16.6. The summed E-state index contributed by atoms with van der Waals surface area (Å²) in [6.07, 6.45) is 8.56. The molecule has 0 amide bonds. The number of hydrogen-bond donors (Lipinski definition) is 2. The van der Waals surface area contributed by atoms with Crippen molar-refractivity contribution in [3.8, 4) is 11.5 Å². The lowest BCUT2D eigenvalue weighted by molar-refractivity contribution is -0.142. The third-order valence-electron chi connectivity index (χ3n) is 8.97. The first-order valence-electron chi connectivity index (χ1n) is 14.0. The number of hydrogen-bond acceptors (Lipinski definition) is 7. The van der Waals surface area contributed by atoms with Gasteiger partial charge in [0, 0.05) is 30.7 Å². The van der Waals surface area contributed by atoms with Crippen LogP contribution in [0, 0.1) is 5.92 Å². The standard InChI is InChI=1S/C29H47NO6/c1-4-5-11-29-12-13-30(21-22-7-6-8-22)25(28(29,2)32)20-23-9-10-24(27(31)26(23)29)36-19-18-35-17-16-34-15-14-33-3/h9-10,22,25,31-32H,4-8,11-21H2,1-3H3. The molecule has 2 bridgehead atoms. The molecule has 2 N–H and O–H groups in total. The first-order chi connectivity index (χ1) is 17.4. The molecule has 1 aliphatic heterocycles. The van der Waals surface area contributed by atoms with Crippen LogP contribution < -0.4 is 4.74 Å². The maximum Gasteiger partial charge on any atom is 0.161 e. The molecule has 2 fully saturated rings. The average molecular weight is 506 g/mol. The van der Waals surface area contributed by atoms with Gasteiger partial charge in [0.15, 0.2) is 11.5 Å². The second kappa shape index (κ2) is 12.4. The Morgan fingerprint density at radius 1 is 1.06 bits per heavy atom. The van der Waals surface area contributed by atoms with E-state index >= 15 is 0 Å². The summed E-state index contributed by atoms with van der Waals surface area (Å²) in [4.78, 5) is 2.55. The van der Waals surface area contributed by atoms with Crippen LogP contribution in [0.2, 0.25) is 0 Å². The summed E-state index contributed by atoms with van der Waals surface area (Å²) in [6, 6.07) is 4.09. The van der Waals surface area contributed by atoms with E-state index in [2.05, 4.69) is 17.9 Å². The van der Waals surface area contributed by atoms with E-state index in [-0.39, 0.29) is 11.8 Å². The van der Waals surface area contributed by atoms with Crippen LogP contribution in [-0.2, 0) is 26.0 Å². The van der Waals surface area contributed by atoms with Crippen molar-refractivity contribution in [1.82, 2.24) is 4.90 Å². The number of rotatable bonds is 15. The molecule has 3 aliphatic rings. The summed E-state index contributed by atoms with van der Waals surface area (Å²) in [5, 5.41) is 23.7. The third-order valence-corrected chi connectivity index (χ3v) is 8.97. The van der Waals surface area contributed by atoms with E-state index in [1.165, 1.54) is 19.3 Å². The van der Waals surface area contributed by atoms with Crippen molar-refractivity contribution in [1.29, 1.82) is 0 Å². The van der Waals surface area contributed by atoms with Crippen LogP contribution in [-0.4, -0.2) is 86.6 Å². The van der Waals surface area contributed by atoms with Gasteiger partial charge in [-0.2, -0.15) is 0 Å². The maximum absolute atomic E-state index is 12.2. The molecule has 36 heavy (non-hydrogen) atoms. The lowest BCUT2D eigenvalue weighted by Gasteiger charge is -2.61. The molecule has 0 aromatic heterocycles. The molecule has 2 aliphatic carbocycles. The number of benzene rings is 1.